The molecule has 3 heterocycles. The van der Waals surface area contributed by atoms with Gasteiger partial charge in [0.2, 0.25) is 0 Å². The average molecular weight is 387 g/mol. The minimum absolute atomic E-state index is 0.524. The van der Waals surface area contributed by atoms with Crippen LogP contribution in [-0.2, 0) is 0 Å². The molecule has 0 amide bonds. The molecule has 4 aromatic rings. The highest BCUT2D eigenvalue weighted by Crippen LogP contribution is 2.33. The topological polar surface area (TPSA) is 44.8 Å². The van der Waals surface area contributed by atoms with Crippen LogP contribution in [0.25, 0.3) is 22.3 Å². The van der Waals surface area contributed by atoms with Gasteiger partial charge in [0, 0.05) is 35.7 Å². The third-order valence-electron chi connectivity index (χ3n) is 5.30. The van der Waals surface area contributed by atoms with Gasteiger partial charge in [-0.3, -0.25) is 4.98 Å². The zero-order valence-electron chi connectivity index (χ0n) is 15.6. The smallest absolute Gasteiger partial charge is 0.110 e. The van der Waals surface area contributed by atoms with Gasteiger partial charge in [-0.05, 0) is 61.2 Å². The van der Waals surface area contributed by atoms with Gasteiger partial charge in [-0.25, -0.2) is 9.29 Å². The molecule has 0 spiro atoms. The Kier molecular flexibility index (Phi) is 4.85. The Hall–Kier alpha value is -2.63. The number of H-pyrrole nitrogens is 1. The number of aromatic nitrogens is 3. The summed E-state index contributed by atoms with van der Waals surface area (Å²) in [6, 6.07) is 23.0. The molecule has 5 heteroatoms. The zero-order chi connectivity index (χ0) is 18.8. The monoisotopic (exact) mass is 386 g/mol. The van der Waals surface area contributed by atoms with Gasteiger partial charge in [0.05, 0.1) is 16.7 Å². The number of nitrogens with zero attached hydrogens (tertiary/aromatic N) is 3. The van der Waals surface area contributed by atoms with Crippen LogP contribution in [0.15, 0.2) is 77.8 Å². The standard InChI is InChI=1S/C23H22N4S/c1-2-7-22-21(6-1)25-23(26-22)18-12-15-27(16-13-18)28-19-10-8-17(9-11-19)20-5-3-4-14-24-20/h1-11,14,18H,12-13,15-16H2,(H,25,26). The van der Waals surface area contributed by atoms with Crippen molar-refractivity contribution in [3.63, 3.8) is 0 Å². The van der Waals surface area contributed by atoms with E-state index < -0.39 is 0 Å². The lowest BCUT2D eigenvalue weighted by atomic mass is 9.97. The number of nitrogens with one attached hydrogen (secondary N) is 1. The molecule has 1 saturated heterocycles. The number of hydrogen-bond donors (Lipinski definition) is 1. The van der Waals surface area contributed by atoms with E-state index in [0.29, 0.717) is 5.92 Å². The summed E-state index contributed by atoms with van der Waals surface area (Å²) in [5.41, 5.74) is 4.39. The van der Waals surface area contributed by atoms with Gasteiger partial charge < -0.3 is 4.98 Å². The lowest BCUT2D eigenvalue weighted by molar-refractivity contribution is 0.339. The maximum atomic E-state index is 4.80. The van der Waals surface area contributed by atoms with E-state index in [-0.39, 0.29) is 0 Å². The quantitative estimate of drug-likeness (QED) is 0.470. The van der Waals surface area contributed by atoms with E-state index >= 15 is 0 Å². The second-order valence-corrected chi connectivity index (χ2v) is 8.34. The molecule has 5 rings (SSSR count). The number of benzene rings is 2. The maximum Gasteiger partial charge on any atom is 0.110 e. The lowest BCUT2D eigenvalue weighted by Gasteiger charge is -2.30. The van der Waals surface area contributed by atoms with Crippen LogP contribution < -0.4 is 0 Å². The number of fused-ring (bicyclic) bond motifs is 1. The molecule has 28 heavy (non-hydrogen) atoms. The van der Waals surface area contributed by atoms with Crippen LogP contribution in [0.5, 0.6) is 0 Å². The van der Waals surface area contributed by atoms with Crippen molar-refractivity contribution >= 4 is 23.0 Å². The number of hydrogen-bond acceptors (Lipinski definition) is 4. The van der Waals surface area contributed by atoms with Crippen LogP contribution in [-0.4, -0.2) is 32.3 Å². The Balaban J connectivity index is 1.20. The molecule has 0 saturated carbocycles. The molecule has 140 valence electrons. The third kappa shape index (κ3) is 3.68. The fourth-order valence-corrected chi connectivity index (χ4v) is 4.70. The molecule has 1 fully saturated rings. The Morgan fingerprint density at radius 2 is 1.68 bits per heavy atom. The fourth-order valence-electron chi connectivity index (χ4n) is 3.76. The van der Waals surface area contributed by atoms with Gasteiger partial charge in [-0.15, -0.1) is 0 Å². The first-order valence-electron chi connectivity index (χ1n) is 9.74. The summed E-state index contributed by atoms with van der Waals surface area (Å²) >= 11 is 1.85. The summed E-state index contributed by atoms with van der Waals surface area (Å²) in [7, 11) is 0. The van der Waals surface area contributed by atoms with Gasteiger partial charge in [0.1, 0.15) is 5.82 Å². The van der Waals surface area contributed by atoms with Crippen LogP contribution in [0.1, 0.15) is 24.6 Å². The van der Waals surface area contributed by atoms with Crippen molar-refractivity contribution in [2.24, 2.45) is 0 Å². The van der Waals surface area contributed by atoms with Gasteiger partial charge in [0.15, 0.2) is 0 Å². The van der Waals surface area contributed by atoms with E-state index in [0.717, 1.165) is 54.0 Å². The molecular formula is C23H22N4S. The second-order valence-electron chi connectivity index (χ2n) is 7.17. The highest BCUT2D eigenvalue weighted by Gasteiger charge is 2.23. The first kappa shape index (κ1) is 17.5. The number of imidazole rings is 1. The van der Waals surface area contributed by atoms with Gasteiger partial charge in [-0.1, -0.05) is 30.3 Å². The number of rotatable bonds is 4. The minimum atomic E-state index is 0.524. The number of pyridine rings is 1. The summed E-state index contributed by atoms with van der Waals surface area (Å²) in [4.78, 5) is 14.0. The van der Waals surface area contributed by atoms with Crippen LogP contribution in [0.3, 0.4) is 0 Å². The van der Waals surface area contributed by atoms with Crippen LogP contribution in [0.2, 0.25) is 0 Å². The van der Waals surface area contributed by atoms with Crippen molar-refractivity contribution in [3.05, 3.63) is 78.8 Å². The van der Waals surface area contributed by atoms with E-state index in [1.165, 1.54) is 4.90 Å². The summed E-state index contributed by atoms with van der Waals surface area (Å²) in [6.07, 6.45) is 4.11. The van der Waals surface area contributed by atoms with Crippen LogP contribution >= 0.6 is 11.9 Å². The first-order valence-corrected chi connectivity index (χ1v) is 10.5. The molecule has 0 radical (unpaired) electrons. The third-order valence-corrected chi connectivity index (χ3v) is 6.40. The number of piperidine rings is 1. The minimum Gasteiger partial charge on any atom is -0.342 e. The highest BCUT2D eigenvalue weighted by atomic mass is 32.2. The summed E-state index contributed by atoms with van der Waals surface area (Å²) in [6.45, 7) is 2.16. The Bertz CT molecular complexity index is 1020. The Morgan fingerprint density at radius 1 is 0.893 bits per heavy atom. The number of para-hydroxylation sites is 2. The van der Waals surface area contributed by atoms with Gasteiger partial charge in [-0.2, -0.15) is 0 Å². The molecule has 0 unspecified atom stereocenters. The molecule has 1 aliphatic heterocycles. The van der Waals surface area contributed by atoms with Crippen LogP contribution in [0.4, 0.5) is 0 Å². The fraction of sp³-hybridized carbons (Fsp3) is 0.217. The molecule has 4 nitrogen and oxygen atoms in total. The van der Waals surface area contributed by atoms with Crippen molar-refractivity contribution < 1.29 is 0 Å². The average Bonchev–Trinajstić information content (AvgIpc) is 3.20. The van der Waals surface area contributed by atoms with E-state index in [2.05, 4.69) is 56.7 Å². The van der Waals surface area contributed by atoms with E-state index in [9.17, 15) is 0 Å². The normalized spacial score (nSPS) is 15.9. The van der Waals surface area contributed by atoms with Crippen molar-refractivity contribution in [1.29, 1.82) is 0 Å². The van der Waals surface area contributed by atoms with Crippen LogP contribution in [0, 0.1) is 0 Å². The molecule has 1 N–H and O–H groups in total. The zero-order valence-corrected chi connectivity index (χ0v) is 16.4. The Morgan fingerprint density at radius 3 is 2.43 bits per heavy atom. The molecular weight excluding hydrogens is 364 g/mol. The second kappa shape index (κ2) is 7.78. The predicted molar refractivity (Wildman–Crippen MR) is 115 cm³/mol. The SMILES string of the molecule is c1ccc(-c2ccc(SN3CCC(c4nc5ccccc5[nH]4)CC3)cc2)nc1. The van der Waals surface area contributed by atoms with Crippen molar-refractivity contribution in [2.45, 2.75) is 23.7 Å². The maximum absolute atomic E-state index is 4.80. The summed E-state index contributed by atoms with van der Waals surface area (Å²) < 4.78 is 2.47. The lowest BCUT2D eigenvalue weighted by Crippen LogP contribution is -2.27. The van der Waals surface area contributed by atoms with E-state index in [4.69, 9.17) is 4.98 Å². The number of aromatic amines is 1. The molecule has 2 aromatic carbocycles. The molecule has 0 aliphatic carbocycles. The molecule has 0 atom stereocenters. The Labute approximate surface area is 169 Å². The van der Waals surface area contributed by atoms with Gasteiger partial charge in [0.25, 0.3) is 0 Å². The highest BCUT2D eigenvalue weighted by molar-refractivity contribution is 7.97. The van der Waals surface area contributed by atoms with E-state index in [1.807, 2.05) is 42.4 Å². The summed E-state index contributed by atoms with van der Waals surface area (Å²) in [5.74, 6) is 1.67. The van der Waals surface area contributed by atoms with Crippen molar-refractivity contribution in [1.82, 2.24) is 19.3 Å². The molecule has 2 aromatic heterocycles. The van der Waals surface area contributed by atoms with E-state index in [1.54, 1.807) is 0 Å². The summed E-state index contributed by atoms with van der Waals surface area (Å²) in [5, 5.41) is 0. The predicted octanol–water partition coefficient (Wildman–Crippen LogP) is 5.51. The van der Waals surface area contributed by atoms with Crippen molar-refractivity contribution in [2.75, 3.05) is 13.1 Å². The molecule has 1 aliphatic rings. The molecule has 0 bridgehead atoms. The largest absolute Gasteiger partial charge is 0.342 e. The van der Waals surface area contributed by atoms with Gasteiger partial charge >= 0.3 is 0 Å². The van der Waals surface area contributed by atoms with Crippen molar-refractivity contribution in [3.8, 4) is 11.3 Å². The first-order chi connectivity index (χ1) is 13.8.